The van der Waals surface area contributed by atoms with Crippen molar-refractivity contribution in [2.24, 2.45) is 5.92 Å². The Morgan fingerprint density at radius 2 is 1.83 bits per heavy atom. The average Bonchev–Trinajstić information content (AvgIpc) is 2.36. The van der Waals surface area contributed by atoms with Crippen molar-refractivity contribution in [3.63, 3.8) is 0 Å². The smallest absolute Gasteiger partial charge is 0.227 e. The van der Waals surface area contributed by atoms with E-state index in [4.69, 9.17) is 0 Å². The predicted molar refractivity (Wildman–Crippen MR) is 75.6 cm³/mol. The minimum absolute atomic E-state index is 0.0622. The number of hydrogen-bond donors (Lipinski definition) is 2. The number of carbonyl (C=O) groups is 1. The molecule has 1 unspecified atom stereocenters. The van der Waals surface area contributed by atoms with Crippen LogP contribution in [0.4, 0.5) is 0 Å². The van der Waals surface area contributed by atoms with E-state index < -0.39 is 0 Å². The van der Waals surface area contributed by atoms with Crippen molar-refractivity contribution >= 4 is 5.91 Å². The highest BCUT2D eigenvalue weighted by Gasteiger charge is 2.23. The first-order valence-corrected chi connectivity index (χ1v) is 6.70. The molecule has 1 aromatic rings. The molecular weight excluding hydrogens is 224 g/mol. The standard InChI is InChI=1S/C15H24N2O/c1-4-16-10-11-17-15(18)14(12(2)3)13-8-6-5-7-9-13/h5-9,12,14,16H,4,10-11H2,1-3H3,(H,17,18). The third-order valence-electron chi connectivity index (χ3n) is 2.96. The van der Waals surface area contributed by atoms with Gasteiger partial charge in [0.25, 0.3) is 0 Å². The topological polar surface area (TPSA) is 41.1 Å². The van der Waals surface area contributed by atoms with Crippen LogP contribution in [0.5, 0.6) is 0 Å². The number of benzene rings is 1. The summed E-state index contributed by atoms with van der Waals surface area (Å²) in [4.78, 5) is 12.2. The largest absolute Gasteiger partial charge is 0.354 e. The molecule has 0 aromatic heterocycles. The van der Waals surface area contributed by atoms with E-state index in [0.717, 1.165) is 18.7 Å². The molecule has 1 amide bonds. The van der Waals surface area contributed by atoms with Crippen LogP contribution in [0.15, 0.2) is 30.3 Å². The summed E-state index contributed by atoms with van der Waals surface area (Å²) in [6.07, 6.45) is 0. The number of amides is 1. The van der Waals surface area contributed by atoms with Crippen LogP contribution in [0, 0.1) is 5.92 Å². The van der Waals surface area contributed by atoms with E-state index in [9.17, 15) is 4.79 Å². The predicted octanol–water partition coefficient (Wildman–Crippen LogP) is 2.15. The average molecular weight is 248 g/mol. The van der Waals surface area contributed by atoms with Crippen molar-refractivity contribution in [1.82, 2.24) is 10.6 Å². The minimum atomic E-state index is -0.0622. The monoisotopic (exact) mass is 248 g/mol. The molecule has 0 aliphatic carbocycles. The molecule has 0 spiro atoms. The first-order valence-electron chi connectivity index (χ1n) is 6.70. The number of likely N-dealkylation sites (N-methyl/N-ethyl adjacent to an activating group) is 1. The summed E-state index contributed by atoms with van der Waals surface area (Å²) in [6.45, 7) is 8.67. The normalized spacial score (nSPS) is 12.4. The van der Waals surface area contributed by atoms with Crippen LogP contribution in [-0.2, 0) is 4.79 Å². The summed E-state index contributed by atoms with van der Waals surface area (Å²) in [5.41, 5.74) is 1.09. The van der Waals surface area contributed by atoms with Gasteiger partial charge in [-0.15, -0.1) is 0 Å². The third-order valence-corrected chi connectivity index (χ3v) is 2.96. The van der Waals surface area contributed by atoms with Gasteiger partial charge in [-0.25, -0.2) is 0 Å². The minimum Gasteiger partial charge on any atom is -0.354 e. The second kappa shape index (κ2) is 7.88. The molecule has 0 fully saturated rings. The Hall–Kier alpha value is -1.35. The van der Waals surface area contributed by atoms with Crippen LogP contribution < -0.4 is 10.6 Å². The van der Waals surface area contributed by atoms with Crippen LogP contribution in [0.2, 0.25) is 0 Å². The fourth-order valence-corrected chi connectivity index (χ4v) is 2.06. The molecule has 0 bridgehead atoms. The maximum absolute atomic E-state index is 12.2. The molecule has 3 nitrogen and oxygen atoms in total. The second-order valence-corrected chi connectivity index (χ2v) is 4.78. The van der Waals surface area contributed by atoms with Gasteiger partial charge in [0.2, 0.25) is 5.91 Å². The summed E-state index contributed by atoms with van der Waals surface area (Å²) < 4.78 is 0. The summed E-state index contributed by atoms with van der Waals surface area (Å²) >= 11 is 0. The molecule has 0 saturated heterocycles. The van der Waals surface area contributed by atoms with E-state index >= 15 is 0 Å². The van der Waals surface area contributed by atoms with E-state index in [2.05, 4.69) is 31.4 Å². The molecule has 0 aliphatic rings. The Kier molecular flexibility index (Phi) is 6.44. The maximum Gasteiger partial charge on any atom is 0.227 e. The lowest BCUT2D eigenvalue weighted by molar-refractivity contribution is -0.123. The van der Waals surface area contributed by atoms with Crippen molar-refractivity contribution in [3.8, 4) is 0 Å². The fraction of sp³-hybridized carbons (Fsp3) is 0.533. The van der Waals surface area contributed by atoms with Crippen molar-refractivity contribution < 1.29 is 4.79 Å². The Morgan fingerprint density at radius 3 is 2.39 bits per heavy atom. The van der Waals surface area contributed by atoms with E-state index in [1.54, 1.807) is 0 Å². The molecule has 0 heterocycles. The van der Waals surface area contributed by atoms with Gasteiger partial charge in [0.1, 0.15) is 0 Å². The zero-order valence-electron chi connectivity index (χ0n) is 11.6. The third kappa shape index (κ3) is 4.49. The molecule has 100 valence electrons. The van der Waals surface area contributed by atoms with Gasteiger partial charge in [-0.1, -0.05) is 51.1 Å². The summed E-state index contributed by atoms with van der Waals surface area (Å²) in [7, 11) is 0. The van der Waals surface area contributed by atoms with Gasteiger partial charge in [-0.2, -0.15) is 0 Å². The fourth-order valence-electron chi connectivity index (χ4n) is 2.06. The highest BCUT2D eigenvalue weighted by molar-refractivity contribution is 5.83. The van der Waals surface area contributed by atoms with Crippen molar-refractivity contribution in [3.05, 3.63) is 35.9 Å². The van der Waals surface area contributed by atoms with Crippen LogP contribution >= 0.6 is 0 Å². The van der Waals surface area contributed by atoms with Gasteiger partial charge >= 0.3 is 0 Å². The number of hydrogen-bond acceptors (Lipinski definition) is 2. The molecule has 0 radical (unpaired) electrons. The Morgan fingerprint density at radius 1 is 1.17 bits per heavy atom. The molecule has 3 heteroatoms. The van der Waals surface area contributed by atoms with E-state index in [-0.39, 0.29) is 11.8 Å². The Bertz CT molecular complexity index is 349. The quantitative estimate of drug-likeness (QED) is 0.726. The van der Waals surface area contributed by atoms with E-state index in [1.165, 1.54) is 0 Å². The molecule has 0 aliphatic heterocycles. The maximum atomic E-state index is 12.2. The van der Waals surface area contributed by atoms with Gasteiger partial charge in [0.15, 0.2) is 0 Å². The summed E-state index contributed by atoms with van der Waals surface area (Å²) in [5.74, 6) is 0.355. The number of nitrogens with one attached hydrogen (secondary N) is 2. The summed E-state index contributed by atoms with van der Waals surface area (Å²) in [6, 6.07) is 9.99. The lowest BCUT2D eigenvalue weighted by Gasteiger charge is -2.20. The van der Waals surface area contributed by atoms with Crippen LogP contribution in [0.1, 0.15) is 32.3 Å². The lowest BCUT2D eigenvalue weighted by Crippen LogP contribution is -2.36. The van der Waals surface area contributed by atoms with Crippen LogP contribution in [0.3, 0.4) is 0 Å². The molecular formula is C15H24N2O. The number of rotatable bonds is 7. The van der Waals surface area contributed by atoms with E-state index in [0.29, 0.717) is 12.5 Å². The Labute approximate surface area is 110 Å². The van der Waals surface area contributed by atoms with E-state index in [1.807, 2.05) is 30.3 Å². The van der Waals surface area contributed by atoms with Crippen molar-refractivity contribution in [2.45, 2.75) is 26.7 Å². The zero-order chi connectivity index (χ0) is 13.4. The second-order valence-electron chi connectivity index (χ2n) is 4.78. The van der Waals surface area contributed by atoms with Gasteiger partial charge in [0, 0.05) is 13.1 Å². The molecule has 18 heavy (non-hydrogen) atoms. The van der Waals surface area contributed by atoms with Gasteiger partial charge in [-0.05, 0) is 18.0 Å². The zero-order valence-corrected chi connectivity index (χ0v) is 11.6. The first kappa shape index (κ1) is 14.7. The van der Waals surface area contributed by atoms with Gasteiger partial charge in [0.05, 0.1) is 5.92 Å². The van der Waals surface area contributed by atoms with Crippen molar-refractivity contribution in [2.75, 3.05) is 19.6 Å². The SMILES string of the molecule is CCNCCNC(=O)C(c1ccccc1)C(C)C. The molecule has 0 saturated carbocycles. The van der Waals surface area contributed by atoms with Crippen LogP contribution in [0.25, 0.3) is 0 Å². The Balaban J connectivity index is 2.60. The molecule has 1 rings (SSSR count). The summed E-state index contributed by atoms with van der Waals surface area (Å²) in [5, 5.41) is 6.19. The number of carbonyl (C=O) groups excluding carboxylic acids is 1. The van der Waals surface area contributed by atoms with Gasteiger partial charge in [-0.3, -0.25) is 4.79 Å². The molecule has 1 atom stereocenters. The lowest BCUT2D eigenvalue weighted by atomic mass is 9.88. The highest BCUT2D eigenvalue weighted by atomic mass is 16.1. The highest BCUT2D eigenvalue weighted by Crippen LogP contribution is 2.24. The van der Waals surface area contributed by atoms with Crippen molar-refractivity contribution in [1.29, 1.82) is 0 Å². The molecule has 1 aromatic carbocycles. The van der Waals surface area contributed by atoms with Gasteiger partial charge < -0.3 is 10.6 Å². The van der Waals surface area contributed by atoms with Crippen LogP contribution in [-0.4, -0.2) is 25.5 Å². The first-order chi connectivity index (χ1) is 8.66. The molecule has 2 N–H and O–H groups in total.